The summed E-state index contributed by atoms with van der Waals surface area (Å²) in [7, 11) is 0. The topological polar surface area (TPSA) is 20.2 Å². The van der Waals surface area contributed by atoms with Gasteiger partial charge in [-0.05, 0) is 43.6 Å². The third kappa shape index (κ3) is 0.912. The Balaban J connectivity index is 2.08. The zero-order chi connectivity index (χ0) is 9.05. The summed E-state index contributed by atoms with van der Waals surface area (Å²) in [6.45, 7) is 2.27. The van der Waals surface area contributed by atoms with Crippen LogP contribution in [0.2, 0.25) is 0 Å². The molecule has 2 atom stereocenters. The van der Waals surface area contributed by atoms with Gasteiger partial charge in [-0.2, -0.15) is 0 Å². The van der Waals surface area contributed by atoms with Gasteiger partial charge in [-0.15, -0.1) is 0 Å². The molecule has 1 saturated carbocycles. The van der Waals surface area contributed by atoms with Crippen molar-refractivity contribution >= 4 is 0 Å². The Morgan fingerprint density at radius 1 is 1.46 bits per heavy atom. The molecule has 1 N–H and O–H groups in total. The van der Waals surface area contributed by atoms with Crippen LogP contribution >= 0.6 is 0 Å². The summed E-state index contributed by atoms with van der Waals surface area (Å²) < 4.78 is 0. The van der Waals surface area contributed by atoms with Crippen LogP contribution in [0, 0.1) is 11.3 Å². The summed E-state index contributed by atoms with van der Waals surface area (Å²) in [5, 5.41) is 10.00. The van der Waals surface area contributed by atoms with E-state index >= 15 is 0 Å². The molecule has 0 unspecified atom stereocenters. The molecule has 0 aliphatic heterocycles. The first-order chi connectivity index (χ1) is 6.23. The lowest BCUT2D eigenvalue weighted by molar-refractivity contribution is 0.0911. The minimum Gasteiger partial charge on any atom is -0.392 e. The summed E-state index contributed by atoms with van der Waals surface area (Å²) in [6.07, 6.45) is 9.07. The highest BCUT2D eigenvalue weighted by Crippen LogP contribution is 2.61. The van der Waals surface area contributed by atoms with Gasteiger partial charge in [-0.25, -0.2) is 0 Å². The molecule has 1 fully saturated rings. The van der Waals surface area contributed by atoms with Gasteiger partial charge in [-0.1, -0.05) is 17.7 Å². The van der Waals surface area contributed by atoms with Crippen molar-refractivity contribution in [1.82, 2.24) is 0 Å². The van der Waals surface area contributed by atoms with E-state index in [1.807, 2.05) is 0 Å². The normalized spacial score (nSPS) is 39.8. The average molecular weight is 176 g/mol. The molecular weight excluding hydrogens is 160 g/mol. The van der Waals surface area contributed by atoms with Crippen LogP contribution in [0.25, 0.3) is 0 Å². The molecule has 0 aromatic heterocycles. The second-order valence-electron chi connectivity index (χ2n) is 4.88. The molecule has 70 valence electrons. The number of hydrogen-bond acceptors (Lipinski definition) is 1. The summed E-state index contributed by atoms with van der Waals surface area (Å²) in [4.78, 5) is 0. The molecule has 0 aromatic carbocycles. The summed E-state index contributed by atoms with van der Waals surface area (Å²) in [6, 6.07) is 0. The van der Waals surface area contributed by atoms with Gasteiger partial charge < -0.3 is 5.11 Å². The maximum Gasteiger partial charge on any atom is 0.0620 e. The first-order valence-electron chi connectivity index (χ1n) is 5.29. The lowest BCUT2D eigenvalue weighted by Gasteiger charge is -2.33. The standard InChI is InChI=1S/C12H16O/c1-8-9-3-2-4-10(9)11(13)7-12(8)5-6-12/h2-3,10-11,13H,4-7H2,1H3/t10-,11-/m1/s1. The van der Waals surface area contributed by atoms with Crippen LogP contribution in [0.15, 0.2) is 23.3 Å². The number of aliphatic hydroxyl groups is 1. The van der Waals surface area contributed by atoms with Gasteiger partial charge in [-0.3, -0.25) is 0 Å². The van der Waals surface area contributed by atoms with Crippen molar-refractivity contribution in [1.29, 1.82) is 0 Å². The van der Waals surface area contributed by atoms with Crippen LogP contribution in [-0.2, 0) is 0 Å². The molecule has 1 spiro atoms. The van der Waals surface area contributed by atoms with E-state index in [0.717, 1.165) is 12.8 Å². The molecule has 3 aliphatic rings. The zero-order valence-electron chi connectivity index (χ0n) is 8.09. The van der Waals surface area contributed by atoms with Crippen molar-refractivity contribution in [2.75, 3.05) is 0 Å². The van der Waals surface area contributed by atoms with E-state index in [1.165, 1.54) is 18.4 Å². The molecule has 0 amide bonds. The Hall–Kier alpha value is -0.560. The van der Waals surface area contributed by atoms with E-state index in [4.69, 9.17) is 0 Å². The van der Waals surface area contributed by atoms with E-state index in [0.29, 0.717) is 11.3 Å². The third-order valence-electron chi connectivity index (χ3n) is 4.23. The van der Waals surface area contributed by atoms with Gasteiger partial charge in [0.25, 0.3) is 0 Å². The maximum atomic E-state index is 10.00. The van der Waals surface area contributed by atoms with E-state index in [2.05, 4.69) is 19.1 Å². The fourth-order valence-electron chi connectivity index (χ4n) is 3.09. The van der Waals surface area contributed by atoms with E-state index in [-0.39, 0.29) is 6.10 Å². The van der Waals surface area contributed by atoms with Crippen LogP contribution in [-0.4, -0.2) is 11.2 Å². The van der Waals surface area contributed by atoms with E-state index in [9.17, 15) is 5.11 Å². The summed E-state index contributed by atoms with van der Waals surface area (Å²) >= 11 is 0. The first kappa shape index (κ1) is 7.81. The zero-order valence-corrected chi connectivity index (χ0v) is 8.09. The largest absolute Gasteiger partial charge is 0.392 e. The highest BCUT2D eigenvalue weighted by atomic mass is 16.3. The van der Waals surface area contributed by atoms with E-state index < -0.39 is 0 Å². The van der Waals surface area contributed by atoms with Gasteiger partial charge in [0.1, 0.15) is 0 Å². The fraction of sp³-hybridized carbons (Fsp3) is 0.667. The van der Waals surface area contributed by atoms with Crippen LogP contribution < -0.4 is 0 Å². The SMILES string of the molecule is CC1=C2C=CC[C@H]2[C@H](O)CC12CC2. The molecule has 0 aromatic rings. The van der Waals surface area contributed by atoms with E-state index in [1.54, 1.807) is 5.57 Å². The van der Waals surface area contributed by atoms with Crippen LogP contribution in [0.4, 0.5) is 0 Å². The van der Waals surface area contributed by atoms with Gasteiger partial charge in [0.2, 0.25) is 0 Å². The molecule has 0 radical (unpaired) electrons. The van der Waals surface area contributed by atoms with Crippen molar-refractivity contribution < 1.29 is 5.11 Å². The molecule has 13 heavy (non-hydrogen) atoms. The van der Waals surface area contributed by atoms with Crippen molar-refractivity contribution in [2.24, 2.45) is 11.3 Å². The number of rotatable bonds is 0. The van der Waals surface area contributed by atoms with Gasteiger partial charge in [0.15, 0.2) is 0 Å². The highest BCUT2D eigenvalue weighted by Gasteiger charge is 2.51. The van der Waals surface area contributed by atoms with Gasteiger partial charge in [0, 0.05) is 5.92 Å². The van der Waals surface area contributed by atoms with Crippen LogP contribution in [0.3, 0.4) is 0 Å². The highest BCUT2D eigenvalue weighted by molar-refractivity contribution is 5.41. The molecule has 0 bridgehead atoms. The predicted octanol–water partition coefficient (Wildman–Crippen LogP) is 2.42. The van der Waals surface area contributed by atoms with Gasteiger partial charge in [0.05, 0.1) is 6.10 Å². The molecule has 0 heterocycles. The van der Waals surface area contributed by atoms with Crippen molar-refractivity contribution in [3.05, 3.63) is 23.3 Å². The Morgan fingerprint density at radius 3 is 2.92 bits per heavy atom. The molecule has 3 aliphatic carbocycles. The lowest BCUT2D eigenvalue weighted by Crippen LogP contribution is -2.30. The molecule has 1 nitrogen and oxygen atoms in total. The van der Waals surface area contributed by atoms with Crippen LogP contribution in [0.5, 0.6) is 0 Å². The molecule has 0 saturated heterocycles. The summed E-state index contributed by atoms with van der Waals surface area (Å²) in [5.41, 5.74) is 3.47. The second kappa shape index (κ2) is 2.27. The fourth-order valence-corrected chi connectivity index (χ4v) is 3.09. The Bertz CT molecular complexity index is 307. The number of aliphatic hydroxyl groups excluding tert-OH is 1. The molecule has 1 heteroatoms. The minimum absolute atomic E-state index is 0.0730. The van der Waals surface area contributed by atoms with Crippen molar-refractivity contribution in [2.45, 2.75) is 38.7 Å². The van der Waals surface area contributed by atoms with Crippen molar-refractivity contribution in [3.63, 3.8) is 0 Å². The quantitative estimate of drug-likeness (QED) is 0.601. The monoisotopic (exact) mass is 176 g/mol. The average Bonchev–Trinajstić information content (AvgIpc) is 2.70. The molecule has 3 rings (SSSR count). The van der Waals surface area contributed by atoms with Gasteiger partial charge >= 0.3 is 0 Å². The smallest absolute Gasteiger partial charge is 0.0620 e. The predicted molar refractivity (Wildman–Crippen MR) is 52.2 cm³/mol. The molecular formula is C12H16O. The maximum absolute atomic E-state index is 10.00. The second-order valence-corrected chi connectivity index (χ2v) is 4.88. The Morgan fingerprint density at radius 2 is 2.23 bits per heavy atom. The Labute approximate surface area is 79.2 Å². The third-order valence-corrected chi connectivity index (χ3v) is 4.23. The first-order valence-corrected chi connectivity index (χ1v) is 5.29. The summed E-state index contributed by atoms with van der Waals surface area (Å²) in [5.74, 6) is 0.436. The minimum atomic E-state index is -0.0730. The number of fused-ring (bicyclic) bond motifs is 1. The number of allylic oxidation sites excluding steroid dienone is 3. The van der Waals surface area contributed by atoms with Crippen LogP contribution in [0.1, 0.15) is 32.6 Å². The number of hydrogen-bond donors (Lipinski definition) is 1. The lowest BCUT2D eigenvalue weighted by atomic mass is 9.74. The Kier molecular flexibility index (Phi) is 1.36. The van der Waals surface area contributed by atoms with Crippen molar-refractivity contribution in [3.8, 4) is 0 Å².